The molecule has 0 heterocycles. The van der Waals surface area contributed by atoms with Crippen LogP contribution in [0.2, 0.25) is 0 Å². The Bertz CT molecular complexity index is 374. The van der Waals surface area contributed by atoms with Crippen molar-refractivity contribution in [3.8, 4) is 0 Å². The molecule has 3 heteroatoms. The van der Waals surface area contributed by atoms with Crippen LogP contribution in [0.15, 0.2) is 28.7 Å². The molecule has 1 N–H and O–H groups in total. The number of hydrogen-bond donors (Lipinski definition) is 1. The molecule has 0 unspecified atom stereocenters. The summed E-state index contributed by atoms with van der Waals surface area (Å²) in [6, 6.07) is 7.51. The number of benzene rings is 1. The maximum absolute atomic E-state index is 11.8. The average Bonchev–Trinajstić information content (AvgIpc) is 3.08. The second kappa shape index (κ2) is 5.48. The van der Waals surface area contributed by atoms with Crippen LogP contribution in [0.3, 0.4) is 0 Å². The molecule has 0 radical (unpaired) electrons. The molecule has 1 aromatic rings. The van der Waals surface area contributed by atoms with E-state index in [0.29, 0.717) is 5.56 Å². The average molecular weight is 282 g/mol. The molecule has 2 rings (SSSR count). The number of amides is 1. The fourth-order valence-electron chi connectivity index (χ4n) is 1.74. The van der Waals surface area contributed by atoms with E-state index in [-0.39, 0.29) is 5.91 Å². The van der Waals surface area contributed by atoms with Gasteiger partial charge in [-0.15, -0.1) is 0 Å². The van der Waals surface area contributed by atoms with Gasteiger partial charge in [0.15, 0.2) is 0 Å². The van der Waals surface area contributed by atoms with E-state index >= 15 is 0 Å². The van der Waals surface area contributed by atoms with Gasteiger partial charge in [-0.05, 0) is 46.8 Å². The highest BCUT2D eigenvalue weighted by molar-refractivity contribution is 9.10. The van der Waals surface area contributed by atoms with Crippen LogP contribution in [0.25, 0.3) is 0 Å². The lowest BCUT2D eigenvalue weighted by molar-refractivity contribution is 0.0952. The normalized spacial score (nSPS) is 14.8. The topological polar surface area (TPSA) is 29.1 Å². The highest BCUT2D eigenvalue weighted by Gasteiger charge is 2.20. The van der Waals surface area contributed by atoms with Crippen LogP contribution in [0.4, 0.5) is 0 Å². The van der Waals surface area contributed by atoms with Gasteiger partial charge < -0.3 is 5.32 Å². The molecule has 0 spiro atoms. The first-order valence-corrected chi connectivity index (χ1v) is 6.59. The van der Waals surface area contributed by atoms with Gasteiger partial charge in [0.25, 0.3) is 5.91 Å². The van der Waals surface area contributed by atoms with E-state index in [4.69, 9.17) is 0 Å². The van der Waals surface area contributed by atoms with E-state index in [1.54, 1.807) is 0 Å². The summed E-state index contributed by atoms with van der Waals surface area (Å²) in [7, 11) is 0. The third kappa shape index (κ3) is 3.34. The molecule has 0 atom stereocenters. The number of carbonyl (C=O) groups excluding carboxylic acids is 1. The molecular weight excluding hydrogens is 266 g/mol. The van der Waals surface area contributed by atoms with Crippen molar-refractivity contribution in [2.45, 2.75) is 25.7 Å². The Labute approximate surface area is 105 Å². The summed E-state index contributed by atoms with van der Waals surface area (Å²) >= 11 is 3.38. The van der Waals surface area contributed by atoms with Gasteiger partial charge >= 0.3 is 0 Å². The monoisotopic (exact) mass is 281 g/mol. The minimum atomic E-state index is 0.0169. The Balaban J connectivity index is 1.76. The summed E-state index contributed by atoms with van der Waals surface area (Å²) in [6.07, 6.45) is 5.13. The maximum Gasteiger partial charge on any atom is 0.252 e. The van der Waals surface area contributed by atoms with Crippen LogP contribution < -0.4 is 5.32 Å². The Morgan fingerprint density at radius 3 is 2.81 bits per heavy atom. The minimum Gasteiger partial charge on any atom is -0.352 e. The van der Waals surface area contributed by atoms with Crippen molar-refractivity contribution >= 4 is 21.8 Å². The summed E-state index contributed by atoms with van der Waals surface area (Å²) in [6.45, 7) is 0.788. The SMILES string of the molecule is O=C(NCCCC1CC1)c1ccccc1Br. The lowest BCUT2D eigenvalue weighted by Crippen LogP contribution is -2.24. The summed E-state index contributed by atoms with van der Waals surface area (Å²) in [4.78, 5) is 11.8. The first-order chi connectivity index (χ1) is 7.77. The van der Waals surface area contributed by atoms with Crippen LogP contribution in [-0.4, -0.2) is 12.5 Å². The van der Waals surface area contributed by atoms with Crippen molar-refractivity contribution in [1.29, 1.82) is 0 Å². The smallest absolute Gasteiger partial charge is 0.252 e. The zero-order chi connectivity index (χ0) is 11.4. The Morgan fingerprint density at radius 1 is 1.38 bits per heavy atom. The Kier molecular flexibility index (Phi) is 3.99. The van der Waals surface area contributed by atoms with Crippen LogP contribution in [0.1, 0.15) is 36.0 Å². The summed E-state index contributed by atoms with van der Waals surface area (Å²) in [5, 5.41) is 2.95. The minimum absolute atomic E-state index is 0.0169. The highest BCUT2D eigenvalue weighted by atomic mass is 79.9. The zero-order valence-electron chi connectivity index (χ0n) is 9.21. The molecule has 1 aromatic carbocycles. The van der Waals surface area contributed by atoms with Gasteiger partial charge in [0.1, 0.15) is 0 Å². The second-order valence-corrected chi connectivity index (χ2v) is 5.18. The van der Waals surface area contributed by atoms with Crippen molar-refractivity contribution in [2.24, 2.45) is 5.92 Å². The molecule has 1 fully saturated rings. The highest BCUT2D eigenvalue weighted by Crippen LogP contribution is 2.33. The molecule has 2 nitrogen and oxygen atoms in total. The predicted molar refractivity (Wildman–Crippen MR) is 68.4 cm³/mol. The zero-order valence-corrected chi connectivity index (χ0v) is 10.8. The van der Waals surface area contributed by atoms with Gasteiger partial charge in [-0.1, -0.05) is 25.0 Å². The summed E-state index contributed by atoms with van der Waals surface area (Å²) in [5.41, 5.74) is 0.717. The lowest BCUT2D eigenvalue weighted by atomic mass is 10.2. The second-order valence-electron chi connectivity index (χ2n) is 4.32. The first-order valence-electron chi connectivity index (χ1n) is 5.80. The van der Waals surface area contributed by atoms with E-state index < -0.39 is 0 Å². The Morgan fingerprint density at radius 2 is 2.12 bits per heavy atom. The standard InChI is InChI=1S/C13H16BrNO/c14-12-6-2-1-5-11(12)13(16)15-9-3-4-10-7-8-10/h1-2,5-6,10H,3-4,7-9H2,(H,15,16). The number of nitrogens with one attached hydrogen (secondary N) is 1. The predicted octanol–water partition coefficient (Wildman–Crippen LogP) is 3.37. The van der Waals surface area contributed by atoms with Gasteiger partial charge in [-0.25, -0.2) is 0 Å². The fraction of sp³-hybridized carbons (Fsp3) is 0.462. The van der Waals surface area contributed by atoms with Gasteiger partial charge in [-0.3, -0.25) is 4.79 Å². The van der Waals surface area contributed by atoms with Gasteiger partial charge in [0.2, 0.25) is 0 Å². The van der Waals surface area contributed by atoms with Crippen LogP contribution >= 0.6 is 15.9 Å². The molecular formula is C13H16BrNO. The molecule has 1 aliphatic rings. The van der Waals surface area contributed by atoms with Crippen LogP contribution in [0, 0.1) is 5.92 Å². The summed E-state index contributed by atoms with van der Waals surface area (Å²) < 4.78 is 0.856. The van der Waals surface area contributed by atoms with E-state index in [2.05, 4.69) is 21.2 Å². The number of rotatable bonds is 5. The Hall–Kier alpha value is -0.830. The van der Waals surface area contributed by atoms with Crippen molar-refractivity contribution in [3.63, 3.8) is 0 Å². The van der Waals surface area contributed by atoms with E-state index in [1.807, 2.05) is 24.3 Å². The van der Waals surface area contributed by atoms with E-state index in [1.165, 1.54) is 19.3 Å². The quantitative estimate of drug-likeness (QED) is 0.824. The van der Waals surface area contributed by atoms with Gasteiger partial charge in [-0.2, -0.15) is 0 Å². The van der Waals surface area contributed by atoms with Crippen LogP contribution in [-0.2, 0) is 0 Å². The fourth-order valence-corrected chi connectivity index (χ4v) is 2.20. The van der Waals surface area contributed by atoms with Crippen molar-refractivity contribution < 1.29 is 4.79 Å². The summed E-state index contributed by atoms with van der Waals surface area (Å²) in [5.74, 6) is 0.962. The van der Waals surface area contributed by atoms with Gasteiger partial charge in [0.05, 0.1) is 5.56 Å². The lowest BCUT2D eigenvalue weighted by Gasteiger charge is -2.06. The largest absolute Gasteiger partial charge is 0.352 e. The first kappa shape index (κ1) is 11.6. The van der Waals surface area contributed by atoms with Crippen molar-refractivity contribution in [3.05, 3.63) is 34.3 Å². The molecule has 1 saturated carbocycles. The molecule has 0 aliphatic heterocycles. The molecule has 16 heavy (non-hydrogen) atoms. The number of carbonyl (C=O) groups is 1. The molecule has 1 amide bonds. The third-order valence-electron chi connectivity index (χ3n) is 2.89. The van der Waals surface area contributed by atoms with E-state index in [0.717, 1.165) is 23.4 Å². The third-order valence-corrected chi connectivity index (χ3v) is 3.58. The van der Waals surface area contributed by atoms with E-state index in [9.17, 15) is 4.79 Å². The van der Waals surface area contributed by atoms with Crippen LogP contribution in [0.5, 0.6) is 0 Å². The molecule has 0 aromatic heterocycles. The molecule has 0 bridgehead atoms. The molecule has 1 aliphatic carbocycles. The van der Waals surface area contributed by atoms with Crippen molar-refractivity contribution in [2.75, 3.05) is 6.54 Å². The molecule has 86 valence electrons. The van der Waals surface area contributed by atoms with Crippen molar-refractivity contribution in [1.82, 2.24) is 5.32 Å². The number of hydrogen-bond acceptors (Lipinski definition) is 1. The maximum atomic E-state index is 11.8. The number of halogens is 1. The van der Waals surface area contributed by atoms with Gasteiger partial charge in [0, 0.05) is 11.0 Å². The molecule has 0 saturated heterocycles.